The number of hydrogen-bond donors (Lipinski definition) is 3. The number of nitrogens with one attached hydrogen (secondary N) is 3. The highest BCUT2D eigenvalue weighted by Gasteiger charge is 2.25. The lowest BCUT2D eigenvalue weighted by atomic mass is 9.83. The third-order valence-corrected chi connectivity index (χ3v) is 5.56. The molecule has 5 heteroatoms. The van der Waals surface area contributed by atoms with E-state index in [0.717, 1.165) is 0 Å². The number of nitrogens with zero attached hydrogens (tertiary/aromatic N) is 1. The van der Waals surface area contributed by atoms with Gasteiger partial charge >= 0.3 is 0 Å². The molecule has 3 N–H and O–H groups in total. The molecule has 132 valence electrons. The van der Waals surface area contributed by atoms with Crippen LogP contribution in [0, 0.1) is 5.92 Å². The molecule has 0 aromatic carbocycles. The van der Waals surface area contributed by atoms with E-state index < -0.39 is 0 Å². The van der Waals surface area contributed by atoms with Crippen LogP contribution in [0.3, 0.4) is 0 Å². The highest BCUT2D eigenvalue weighted by atomic mass is 32.1. The molecule has 0 aromatic heterocycles. The first kappa shape index (κ1) is 17.5. The van der Waals surface area contributed by atoms with Crippen molar-refractivity contribution in [2.24, 2.45) is 11.0 Å². The molecule has 2 saturated carbocycles. The number of dihydropyridines is 1. The highest BCUT2D eigenvalue weighted by molar-refractivity contribution is 7.80. The Morgan fingerprint density at radius 2 is 1.67 bits per heavy atom. The molecule has 0 spiro atoms. The zero-order valence-corrected chi connectivity index (χ0v) is 15.3. The first-order valence-corrected chi connectivity index (χ1v) is 9.97. The molecule has 4 nitrogen and oxygen atoms in total. The van der Waals surface area contributed by atoms with Gasteiger partial charge in [0.05, 0.1) is 11.8 Å². The molecule has 2 fully saturated rings. The Hall–Kier alpha value is -1.36. The summed E-state index contributed by atoms with van der Waals surface area (Å²) in [5, 5.41) is 12.3. The minimum atomic E-state index is 0.183. The molecule has 2 aliphatic carbocycles. The molecule has 0 radical (unpaired) electrons. The Bertz CT molecular complexity index is 499. The maximum atomic E-state index is 5.47. The van der Waals surface area contributed by atoms with E-state index in [-0.39, 0.29) is 6.04 Å². The molecule has 1 unspecified atom stereocenters. The van der Waals surface area contributed by atoms with Crippen molar-refractivity contribution in [2.75, 3.05) is 0 Å². The van der Waals surface area contributed by atoms with Gasteiger partial charge in [-0.1, -0.05) is 50.7 Å². The van der Waals surface area contributed by atoms with E-state index in [1.54, 1.807) is 0 Å². The van der Waals surface area contributed by atoms with Crippen LogP contribution >= 0.6 is 12.2 Å². The van der Waals surface area contributed by atoms with Crippen LogP contribution in [0.2, 0.25) is 0 Å². The van der Waals surface area contributed by atoms with E-state index in [4.69, 9.17) is 17.3 Å². The van der Waals surface area contributed by atoms with Crippen molar-refractivity contribution in [3.8, 4) is 0 Å². The molecule has 3 rings (SSSR count). The highest BCUT2D eigenvalue weighted by Crippen LogP contribution is 2.26. The summed E-state index contributed by atoms with van der Waals surface area (Å²) < 4.78 is 0. The van der Waals surface area contributed by atoms with E-state index >= 15 is 0 Å². The Kier molecular flexibility index (Phi) is 6.70. The number of allylic oxidation sites excluding steroid dienone is 2. The Morgan fingerprint density at radius 3 is 2.33 bits per heavy atom. The zero-order valence-electron chi connectivity index (χ0n) is 14.5. The van der Waals surface area contributed by atoms with E-state index in [0.29, 0.717) is 17.1 Å². The fourth-order valence-electron chi connectivity index (χ4n) is 4.02. The number of rotatable bonds is 4. The SMILES string of the molecule is S=C(NN=C(C1CCCCC1)C1C=CC=CN1)NC1CCCCC1. The predicted octanol–water partition coefficient (Wildman–Crippen LogP) is 3.76. The van der Waals surface area contributed by atoms with Gasteiger partial charge in [-0.15, -0.1) is 0 Å². The van der Waals surface area contributed by atoms with Crippen LogP contribution in [0.4, 0.5) is 0 Å². The van der Waals surface area contributed by atoms with Crippen LogP contribution in [0.25, 0.3) is 0 Å². The topological polar surface area (TPSA) is 48.5 Å². The Morgan fingerprint density at radius 1 is 0.958 bits per heavy atom. The minimum absolute atomic E-state index is 0.183. The maximum absolute atomic E-state index is 5.47. The average Bonchev–Trinajstić information content (AvgIpc) is 2.64. The summed E-state index contributed by atoms with van der Waals surface area (Å²) in [5.41, 5.74) is 4.33. The summed E-state index contributed by atoms with van der Waals surface area (Å²) in [4.78, 5) is 0. The lowest BCUT2D eigenvalue weighted by molar-refractivity contribution is 0.412. The van der Waals surface area contributed by atoms with Crippen LogP contribution in [0.5, 0.6) is 0 Å². The second kappa shape index (κ2) is 9.21. The average molecular weight is 347 g/mol. The summed E-state index contributed by atoms with van der Waals surface area (Å²) in [7, 11) is 0. The van der Waals surface area contributed by atoms with Crippen molar-refractivity contribution in [3.63, 3.8) is 0 Å². The van der Waals surface area contributed by atoms with Gasteiger partial charge in [0.2, 0.25) is 0 Å². The smallest absolute Gasteiger partial charge is 0.187 e. The van der Waals surface area contributed by atoms with Gasteiger partial charge in [0.1, 0.15) is 0 Å². The molecular formula is C19H30N4S. The molecular weight excluding hydrogens is 316 g/mol. The van der Waals surface area contributed by atoms with Crippen molar-refractivity contribution >= 4 is 23.0 Å². The summed E-state index contributed by atoms with van der Waals surface area (Å²) in [6, 6.07) is 0.700. The third kappa shape index (κ3) is 5.07. The molecule has 0 bridgehead atoms. The standard InChI is InChI=1S/C19H30N4S/c24-19(21-16-11-5-2-6-12-16)23-22-18(15-9-3-1-4-10-15)17-13-7-8-14-20-17/h7-8,13-17,20H,1-6,9-12H2,(H2,21,23,24). The fourth-order valence-corrected chi connectivity index (χ4v) is 4.23. The third-order valence-electron chi connectivity index (χ3n) is 5.36. The van der Waals surface area contributed by atoms with E-state index in [1.165, 1.54) is 69.9 Å². The van der Waals surface area contributed by atoms with Gasteiger partial charge in [-0.25, -0.2) is 0 Å². The van der Waals surface area contributed by atoms with Gasteiger partial charge in [0.15, 0.2) is 5.11 Å². The van der Waals surface area contributed by atoms with E-state index in [2.05, 4.69) is 28.2 Å². The van der Waals surface area contributed by atoms with Crippen LogP contribution in [-0.4, -0.2) is 22.9 Å². The van der Waals surface area contributed by atoms with Crippen molar-refractivity contribution in [1.29, 1.82) is 0 Å². The minimum Gasteiger partial charge on any atom is -0.379 e. The first-order chi connectivity index (χ1) is 11.8. The maximum Gasteiger partial charge on any atom is 0.187 e. The van der Waals surface area contributed by atoms with E-state index in [9.17, 15) is 0 Å². The normalized spacial score (nSPS) is 26.0. The van der Waals surface area contributed by atoms with Crippen LogP contribution < -0.4 is 16.1 Å². The molecule has 0 saturated heterocycles. The molecule has 1 atom stereocenters. The van der Waals surface area contributed by atoms with Crippen LogP contribution in [-0.2, 0) is 0 Å². The van der Waals surface area contributed by atoms with Crippen molar-refractivity contribution in [1.82, 2.24) is 16.1 Å². The monoisotopic (exact) mass is 346 g/mol. The Balaban J connectivity index is 1.60. The lowest BCUT2D eigenvalue weighted by Gasteiger charge is -2.29. The quantitative estimate of drug-likeness (QED) is 0.412. The Labute approximate surface area is 151 Å². The first-order valence-electron chi connectivity index (χ1n) is 9.56. The predicted molar refractivity (Wildman–Crippen MR) is 105 cm³/mol. The van der Waals surface area contributed by atoms with Gasteiger partial charge in [-0.3, -0.25) is 5.43 Å². The van der Waals surface area contributed by atoms with Crippen LogP contribution in [0.15, 0.2) is 29.5 Å². The molecule has 0 amide bonds. The van der Waals surface area contributed by atoms with Gasteiger partial charge in [-0.05, 0) is 50.2 Å². The second-order valence-corrected chi connectivity index (χ2v) is 7.59. The summed E-state index contributed by atoms with van der Waals surface area (Å²) in [6.45, 7) is 0. The second-order valence-electron chi connectivity index (χ2n) is 7.18. The largest absolute Gasteiger partial charge is 0.379 e. The summed E-state index contributed by atoms with van der Waals surface area (Å²) in [6.07, 6.45) is 21.2. The van der Waals surface area contributed by atoms with Gasteiger partial charge in [0, 0.05) is 12.0 Å². The molecule has 24 heavy (non-hydrogen) atoms. The van der Waals surface area contributed by atoms with Crippen LogP contribution in [0.1, 0.15) is 64.2 Å². The van der Waals surface area contributed by atoms with Gasteiger partial charge in [-0.2, -0.15) is 5.10 Å². The summed E-state index contributed by atoms with van der Waals surface area (Å²) in [5.74, 6) is 0.553. The number of hydrogen-bond acceptors (Lipinski definition) is 3. The fraction of sp³-hybridized carbons (Fsp3) is 0.684. The molecule has 1 heterocycles. The van der Waals surface area contributed by atoms with Crippen molar-refractivity contribution < 1.29 is 0 Å². The summed E-state index contributed by atoms with van der Waals surface area (Å²) >= 11 is 5.47. The van der Waals surface area contributed by atoms with Gasteiger partial charge in [0.25, 0.3) is 0 Å². The molecule has 3 aliphatic rings. The molecule has 0 aromatic rings. The van der Waals surface area contributed by atoms with Crippen molar-refractivity contribution in [3.05, 3.63) is 24.4 Å². The number of hydrazone groups is 1. The van der Waals surface area contributed by atoms with Crippen molar-refractivity contribution in [2.45, 2.75) is 76.3 Å². The number of thiocarbonyl (C=S) groups is 1. The molecule has 1 aliphatic heterocycles. The lowest BCUT2D eigenvalue weighted by Crippen LogP contribution is -2.43. The van der Waals surface area contributed by atoms with E-state index in [1.807, 2.05) is 12.3 Å². The van der Waals surface area contributed by atoms with Gasteiger partial charge < -0.3 is 10.6 Å². The zero-order chi connectivity index (χ0) is 16.6.